The van der Waals surface area contributed by atoms with Crippen molar-refractivity contribution in [3.63, 3.8) is 0 Å². The molecule has 0 spiro atoms. The van der Waals surface area contributed by atoms with Crippen molar-refractivity contribution in [1.29, 1.82) is 0 Å². The predicted molar refractivity (Wildman–Crippen MR) is 115 cm³/mol. The van der Waals surface area contributed by atoms with Gasteiger partial charge in [0.15, 0.2) is 17.1 Å². The fourth-order valence-electron chi connectivity index (χ4n) is 3.19. The van der Waals surface area contributed by atoms with E-state index in [1.165, 1.54) is 5.56 Å². The largest absolute Gasteiger partial charge is 0.483 e. The van der Waals surface area contributed by atoms with Crippen LogP contribution < -0.4 is 4.74 Å². The molecule has 0 radical (unpaired) electrons. The highest BCUT2D eigenvalue weighted by Crippen LogP contribution is 2.26. The lowest BCUT2D eigenvalue weighted by Gasteiger charge is -2.15. The van der Waals surface area contributed by atoms with E-state index >= 15 is 0 Å². The van der Waals surface area contributed by atoms with Crippen molar-refractivity contribution in [3.05, 3.63) is 71.9 Å². The first kappa shape index (κ1) is 19.5. The molecule has 3 aromatic heterocycles. The van der Waals surface area contributed by atoms with E-state index in [2.05, 4.69) is 41.2 Å². The summed E-state index contributed by atoms with van der Waals surface area (Å²) < 4.78 is 10.1. The topological polar surface area (TPSA) is 57.2 Å². The smallest absolute Gasteiger partial charge is 0.191 e. The lowest BCUT2D eigenvalue weighted by molar-refractivity contribution is 0.211. The third-order valence-electron chi connectivity index (χ3n) is 4.85. The Bertz CT molecular complexity index is 1070. The number of rotatable bonds is 7. The molecule has 1 unspecified atom stereocenters. The van der Waals surface area contributed by atoms with Crippen LogP contribution in [-0.4, -0.2) is 24.1 Å². The quantitative estimate of drug-likeness (QED) is 0.403. The Kier molecular flexibility index (Phi) is 5.58. The van der Waals surface area contributed by atoms with Crippen molar-refractivity contribution in [3.8, 4) is 5.75 Å². The standard InChI is InChI=1S/C22H25N5OS/c1-15(2)17-8-10-19(11-9-17)28-16(3)21-24-25-22(26(21)4)29-14-18-13-27-12-6-5-7-20(27)23-18/h5-13,15-16H,14H2,1-4H3. The highest BCUT2D eigenvalue weighted by Gasteiger charge is 2.18. The van der Waals surface area contributed by atoms with Gasteiger partial charge in [-0.25, -0.2) is 4.98 Å². The number of hydrogen-bond donors (Lipinski definition) is 0. The molecule has 29 heavy (non-hydrogen) atoms. The van der Waals surface area contributed by atoms with E-state index in [4.69, 9.17) is 4.74 Å². The molecule has 0 aliphatic rings. The highest BCUT2D eigenvalue weighted by molar-refractivity contribution is 7.98. The molecule has 0 fully saturated rings. The molecule has 0 saturated heterocycles. The monoisotopic (exact) mass is 407 g/mol. The molecule has 4 rings (SSSR count). The number of aromatic nitrogens is 5. The van der Waals surface area contributed by atoms with E-state index in [0.717, 1.165) is 33.8 Å². The zero-order valence-corrected chi connectivity index (χ0v) is 17.9. The first-order chi connectivity index (χ1) is 14.0. The number of nitrogens with zero attached hydrogens (tertiary/aromatic N) is 5. The molecule has 0 bridgehead atoms. The van der Waals surface area contributed by atoms with Gasteiger partial charge < -0.3 is 13.7 Å². The average Bonchev–Trinajstić information content (AvgIpc) is 3.29. The van der Waals surface area contributed by atoms with E-state index in [0.29, 0.717) is 5.92 Å². The molecule has 3 heterocycles. The number of fused-ring (bicyclic) bond motifs is 1. The van der Waals surface area contributed by atoms with Gasteiger partial charge in [-0.05, 0) is 42.7 Å². The van der Waals surface area contributed by atoms with Gasteiger partial charge in [0.25, 0.3) is 0 Å². The number of thioether (sulfide) groups is 1. The Morgan fingerprint density at radius 1 is 1.03 bits per heavy atom. The van der Waals surface area contributed by atoms with Crippen molar-refractivity contribution in [1.82, 2.24) is 24.1 Å². The summed E-state index contributed by atoms with van der Waals surface area (Å²) in [5.41, 5.74) is 3.27. The van der Waals surface area contributed by atoms with E-state index in [9.17, 15) is 0 Å². The Morgan fingerprint density at radius 2 is 1.83 bits per heavy atom. The number of imidazole rings is 1. The molecule has 7 heteroatoms. The Balaban J connectivity index is 1.41. The molecule has 0 aliphatic heterocycles. The predicted octanol–water partition coefficient (Wildman–Crippen LogP) is 5.02. The van der Waals surface area contributed by atoms with Crippen LogP contribution in [0.25, 0.3) is 5.65 Å². The molecular formula is C22H25N5OS. The third kappa shape index (κ3) is 4.29. The first-order valence-electron chi connectivity index (χ1n) is 9.72. The first-order valence-corrected chi connectivity index (χ1v) is 10.7. The molecule has 0 aliphatic carbocycles. The summed E-state index contributed by atoms with van der Waals surface area (Å²) in [6.07, 6.45) is 3.86. The molecule has 150 valence electrons. The van der Waals surface area contributed by atoms with Crippen LogP contribution in [0.4, 0.5) is 0 Å². The Hall–Kier alpha value is -2.80. The highest BCUT2D eigenvalue weighted by atomic mass is 32.2. The minimum atomic E-state index is -0.193. The molecule has 4 aromatic rings. The van der Waals surface area contributed by atoms with E-state index in [-0.39, 0.29) is 6.10 Å². The van der Waals surface area contributed by atoms with Gasteiger partial charge in [0.1, 0.15) is 11.4 Å². The molecule has 6 nitrogen and oxygen atoms in total. The van der Waals surface area contributed by atoms with E-state index < -0.39 is 0 Å². The van der Waals surface area contributed by atoms with Gasteiger partial charge in [0.2, 0.25) is 0 Å². The molecule has 1 aromatic carbocycles. The molecule has 0 saturated carbocycles. The van der Waals surface area contributed by atoms with Crippen LogP contribution in [0.3, 0.4) is 0 Å². The zero-order chi connectivity index (χ0) is 20.4. The summed E-state index contributed by atoms with van der Waals surface area (Å²) in [6.45, 7) is 6.37. The number of ether oxygens (including phenoxy) is 1. The van der Waals surface area contributed by atoms with Crippen molar-refractivity contribution >= 4 is 17.4 Å². The molecule has 0 N–H and O–H groups in total. The van der Waals surface area contributed by atoms with Crippen LogP contribution in [0.5, 0.6) is 5.75 Å². The Morgan fingerprint density at radius 3 is 2.55 bits per heavy atom. The zero-order valence-electron chi connectivity index (χ0n) is 17.1. The minimum Gasteiger partial charge on any atom is -0.483 e. The summed E-state index contributed by atoms with van der Waals surface area (Å²) >= 11 is 1.62. The maximum Gasteiger partial charge on any atom is 0.191 e. The molecule has 1 atom stereocenters. The van der Waals surface area contributed by atoms with Gasteiger partial charge in [-0.3, -0.25) is 0 Å². The van der Waals surface area contributed by atoms with Crippen molar-refractivity contribution < 1.29 is 4.74 Å². The Labute approximate surface area is 175 Å². The van der Waals surface area contributed by atoms with Crippen LogP contribution in [-0.2, 0) is 12.8 Å². The van der Waals surface area contributed by atoms with E-state index in [1.54, 1.807) is 11.8 Å². The second kappa shape index (κ2) is 8.29. The van der Waals surface area contributed by atoms with Crippen LogP contribution in [0.1, 0.15) is 49.9 Å². The summed E-state index contributed by atoms with van der Waals surface area (Å²) in [5.74, 6) is 2.88. The SMILES string of the molecule is CC(C)c1ccc(OC(C)c2nnc(SCc3cn4ccccc4n3)n2C)cc1. The fourth-order valence-corrected chi connectivity index (χ4v) is 3.99. The summed E-state index contributed by atoms with van der Waals surface area (Å²) in [5, 5.41) is 9.55. The van der Waals surface area contributed by atoms with Crippen LogP contribution >= 0.6 is 11.8 Å². The second-order valence-corrected chi connectivity index (χ2v) is 8.31. The van der Waals surface area contributed by atoms with Crippen molar-refractivity contribution in [2.45, 2.75) is 43.7 Å². The van der Waals surface area contributed by atoms with Gasteiger partial charge in [0.05, 0.1) is 5.69 Å². The van der Waals surface area contributed by atoms with E-state index in [1.807, 2.05) is 65.7 Å². The van der Waals surface area contributed by atoms with Crippen LogP contribution in [0.2, 0.25) is 0 Å². The number of hydrogen-bond acceptors (Lipinski definition) is 5. The van der Waals surface area contributed by atoms with Gasteiger partial charge >= 0.3 is 0 Å². The number of pyridine rings is 1. The molecular weight excluding hydrogens is 382 g/mol. The molecule has 0 amide bonds. The van der Waals surface area contributed by atoms with Crippen LogP contribution in [0.15, 0.2) is 60.0 Å². The fraction of sp³-hybridized carbons (Fsp3) is 0.318. The van der Waals surface area contributed by atoms with Gasteiger partial charge in [-0.2, -0.15) is 0 Å². The summed E-state index contributed by atoms with van der Waals surface area (Å²) in [7, 11) is 1.98. The summed E-state index contributed by atoms with van der Waals surface area (Å²) in [6, 6.07) is 14.2. The van der Waals surface area contributed by atoms with Gasteiger partial charge in [-0.15, -0.1) is 10.2 Å². The van der Waals surface area contributed by atoms with Gasteiger partial charge in [0, 0.05) is 25.2 Å². The third-order valence-corrected chi connectivity index (χ3v) is 5.91. The maximum absolute atomic E-state index is 6.08. The van der Waals surface area contributed by atoms with Crippen molar-refractivity contribution in [2.24, 2.45) is 7.05 Å². The minimum absolute atomic E-state index is 0.193. The van der Waals surface area contributed by atoms with Crippen molar-refractivity contribution in [2.75, 3.05) is 0 Å². The van der Waals surface area contributed by atoms with Gasteiger partial charge in [-0.1, -0.05) is 43.8 Å². The average molecular weight is 408 g/mol. The normalized spacial score (nSPS) is 12.6. The van der Waals surface area contributed by atoms with Crippen LogP contribution in [0, 0.1) is 0 Å². The second-order valence-electron chi connectivity index (χ2n) is 7.37. The summed E-state index contributed by atoms with van der Waals surface area (Å²) in [4.78, 5) is 4.63. The lowest BCUT2D eigenvalue weighted by Crippen LogP contribution is -2.10. The lowest BCUT2D eigenvalue weighted by atomic mass is 10.0. The number of benzene rings is 1. The maximum atomic E-state index is 6.08.